The van der Waals surface area contributed by atoms with Gasteiger partial charge in [0.05, 0.1) is 22.5 Å². The van der Waals surface area contributed by atoms with Gasteiger partial charge in [-0.25, -0.2) is 12.8 Å². The second-order valence-electron chi connectivity index (χ2n) is 7.34. The van der Waals surface area contributed by atoms with E-state index in [-0.39, 0.29) is 28.9 Å². The molecule has 1 N–H and O–H groups in total. The first-order chi connectivity index (χ1) is 12.8. The van der Waals surface area contributed by atoms with E-state index >= 15 is 0 Å². The molecule has 0 bridgehead atoms. The summed E-state index contributed by atoms with van der Waals surface area (Å²) in [5.41, 5.74) is 0. The van der Waals surface area contributed by atoms with Crippen LogP contribution in [0.3, 0.4) is 0 Å². The Bertz CT molecular complexity index is 797. The topological polar surface area (TPSA) is 62.1 Å². The Morgan fingerprint density at radius 3 is 2.59 bits per heavy atom. The zero-order valence-corrected chi connectivity index (χ0v) is 17.0. The smallest absolute Gasteiger partial charge is 0.277 e. The summed E-state index contributed by atoms with van der Waals surface area (Å²) in [6.07, 6.45) is 3.52. The van der Waals surface area contributed by atoms with Crippen molar-refractivity contribution in [3.05, 3.63) is 29.0 Å². The van der Waals surface area contributed by atoms with Crippen molar-refractivity contribution in [1.82, 2.24) is 9.21 Å². The van der Waals surface area contributed by atoms with Crippen LogP contribution in [-0.4, -0.2) is 68.8 Å². The lowest BCUT2D eigenvalue weighted by atomic mass is 10.0. The summed E-state index contributed by atoms with van der Waals surface area (Å²) in [7, 11) is -3.75. The average Bonchev–Trinajstić information content (AvgIpc) is 2.65. The van der Waals surface area contributed by atoms with E-state index in [1.807, 2.05) is 0 Å². The largest absolute Gasteiger partial charge is 0.335 e. The lowest BCUT2D eigenvalue weighted by Gasteiger charge is -2.36. The highest BCUT2D eigenvalue weighted by Gasteiger charge is 2.32. The number of nitrogens with zero attached hydrogens (tertiary/aromatic N) is 2. The van der Waals surface area contributed by atoms with Gasteiger partial charge >= 0.3 is 0 Å². The lowest BCUT2D eigenvalue weighted by Crippen LogP contribution is -3.17. The summed E-state index contributed by atoms with van der Waals surface area (Å²) in [6, 6.07) is 3.89. The SMILES string of the molecule is C[C@H]1CCCC[NH+]1CC(=O)N1CCN(S(=O)(=O)c2ccc(F)c(Cl)c2)CC1. The molecule has 2 atom stereocenters. The van der Waals surface area contributed by atoms with Crippen molar-refractivity contribution in [2.45, 2.75) is 37.1 Å². The van der Waals surface area contributed by atoms with Crippen molar-refractivity contribution >= 4 is 27.5 Å². The van der Waals surface area contributed by atoms with E-state index in [2.05, 4.69) is 6.92 Å². The van der Waals surface area contributed by atoms with E-state index in [4.69, 9.17) is 11.6 Å². The Hall–Kier alpha value is -1.22. The first kappa shape index (κ1) is 20.5. The molecule has 2 fully saturated rings. The van der Waals surface area contributed by atoms with E-state index in [0.29, 0.717) is 25.7 Å². The van der Waals surface area contributed by atoms with Crippen LogP contribution in [0.2, 0.25) is 5.02 Å². The highest BCUT2D eigenvalue weighted by molar-refractivity contribution is 7.89. The lowest BCUT2D eigenvalue weighted by molar-refractivity contribution is -0.921. The number of rotatable bonds is 4. The number of hydrogen-bond donors (Lipinski definition) is 1. The van der Waals surface area contributed by atoms with Gasteiger partial charge in [0, 0.05) is 26.2 Å². The third-order valence-corrected chi connectivity index (χ3v) is 7.76. The summed E-state index contributed by atoms with van der Waals surface area (Å²) in [6.45, 7) is 4.87. The fourth-order valence-electron chi connectivity index (χ4n) is 3.79. The monoisotopic (exact) mass is 418 g/mol. The number of halogens is 2. The van der Waals surface area contributed by atoms with Crippen LogP contribution in [0.15, 0.2) is 23.1 Å². The van der Waals surface area contributed by atoms with Gasteiger partial charge in [-0.05, 0) is 44.4 Å². The molecule has 1 unspecified atom stereocenters. The molecular formula is C18H26ClFN3O3S+. The van der Waals surface area contributed by atoms with Gasteiger partial charge in [0.25, 0.3) is 5.91 Å². The predicted octanol–water partition coefficient (Wildman–Crippen LogP) is 0.769. The summed E-state index contributed by atoms with van der Waals surface area (Å²) < 4.78 is 40.1. The Balaban J connectivity index is 1.59. The molecule has 1 aromatic carbocycles. The molecule has 0 aliphatic carbocycles. The van der Waals surface area contributed by atoms with E-state index in [1.54, 1.807) is 4.90 Å². The third-order valence-electron chi connectivity index (χ3n) is 5.58. The third kappa shape index (κ3) is 4.62. The Morgan fingerprint density at radius 1 is 1.26 bits per heavy atom. The highest BCUT2D eigenvalue weighted by Crippen LogP contribution is 2.23. The number of benzene rings is 1. The van der Waals surface area contributed by atoms with Crippen molar-refractivity contribution in [1.29, 1.82) is 0 Å². The van der Waals surface area contributed by atoms with Gasteiger partial charge in [0.2, 0.25) is 10.0 Å². The number of nitrogens with one attached hydrogen (secondary N) is 1. The number of carbonyl (C=O) groups is 1. The fourth-order valence-corrected chi connectivity index (χ4v) is 5.48. The molecule has 3 rings (SSSR count). The van der Waals surface area contributed by atoms with Gasteiger partial charge in [0.15, 0.2) is 6.54 Å². The molecule has 2 heterocycles. The first-order valence-electron chi connectivity index (χ1n) is 9.36. The van der Waals surface area contributed by atoms with E-state index in [9.17, 15) is 17.6 Å². The zero-order chi connectivity index (χ0) is 19.6. The first-order valence-corrected chi connectivity index (χ1v) is 11.2. The average molecular weight is 419 g/mol. The van der Waals surface area contributed by atoms with Gasteiger partial charge in [-0.15, -0.1) is 0 Å². The van der Waals surface area contributed by atoms with Gasteiger partial charge in [-0.2, -0.15) is 4.31 Å². The molecule has 2 aliphatic rings. The second kappa shape index (κ2) is 8.43. The second-order valence-corrected chi connectivity index (χ2v) is 9.69. The van der Waals surface area contributed by atoms with E-state index in [1.165, 1.54) is 21.7 Å². The van der Waals surface area contributed by atoms with Crippen molar-refractivity contribution in [3.8, 4) is 0 Å². The number of amides is 1. The number of quaternary nitrogens is 1. The maximum Gasteiger partial charge on any atom is 0.277 e. The number of piperidine rings is 1. The molecule has 0 aromatic heterocycles. The van der Waals surface area contributed by atoms with Crippen molar-refractivity contribution in [3.63, 3.8) is 0 Å². The van der Waals surface area contributed by atoms with E-state index < -0.39 is 15.8 Å². The quantitative estimate of drug-likeness (QED) is 0.785. The number of sulfonamides is 1. The summed E-state index contributed by atoms with van der Waals surface area (Å²) in [5, 5.41) is -0.219. The van der Waals surface area contributed by atoms with Crippen LogP contribution in [0.5, 0.6) is 0 Å². The Labute approximate surface area is 164 Å². The molecule has 2 saturated heterocycles. The van der Waals surface area contributed by atoms with Gasteiger partial charge in [-0.1, -0.05) is 11.6 Å². The molecule has 1 amide bonds. The van der Waals surface area contributed by atoms with Crippen molar-refractivity contribution in [2.24, 2.45) is 0 Å². The molecule has 2 aliphatic heterocycles. The molecule has 27 heavy (non-hydrogen) atoms. The minimum absolute atomic E-state index is 0.0275. The van der Waals surface area contributed by atoms with Crippen LogP contribution in [-0.2, 0) is 14.8 Å². The Morgan fingerprint density at radius 2 is 1.96 bits per heavy atom. The Kier molecular flexibility index (Phi) is 6.40. The van der Waals surface area contributed by atoms with Crippen LogP contribution in [0.1, 0.15) is 26.2 Å². The fraction of sp³-hybridized carbons (Fsp3) is 0.611. The molecule has 0 saturated carbocycles. The maximum absolute atomic E-state index is 13.3. The van der Waals surface area contributed by atoms with Crippen molar-refractivity contribution in [2.75, 3.05) is 39.3 Å². The van der Waals surface area contributed by atoms with Crippen LogP contribution < -0.4 is 4.90 Å². The zero-order valence-electron chi connectivity index (χ0n) is 15.5. The van der Waals surface area contributed by atoms with Gasteiger partial charge in [-0.3, -0.25) is 4.79 Å². The summed E-state index contributed by atoms with van der Waals surface area (Å²) in [5.74, 6) is -0.568. The molecule has 9 heteroatoms. The molecule has 1 aromatic rings. The van der Waals surface area contributed by atoms with Crippen molar-refractivity contribution < 1.29 is 22.5 Å². The molecular weight excluding hydrogens is 393 g/mol. The number of piperazine rings is 1. The summed E-state index contributed by atoms with van der Waals surface area (Å²) in [4.78, 5) is 15.6. The molecule has 0 spiro atoms. The number of carbonyl (C=O) groups excluding carboxylic acids is 1. The minimum atomic E-state index is -3.75. The minimum Gasteiger partial charge on any atom is -0.335 e. The highest BCUT2D eigenvalue weighted by atomic mass is 35.5. The molecule has 0 radical (unpaired) electrons. The van der Waals surface area contributed by atoms with E-state index in [0.717, 1.165) is 31.5 Å². The summed E-state index contributed by atoms with van der Waals surface area (Å²) >= 11 is 5.71. The molecule has 150 valence electrons. The number of likely N-dealkylation sites (tertiary alicyclic amines) is 1. The number of hydrogen-bond acceptors (Lipinski definition) is 3. The van der Waals surface area contributed by atoms with Crippen LogP contribution >= 0.6 is 11.6 Å². The normalized spacial score (nSPS) is 24.8. The molecule has 6 nitrogen and oxygen atoms in total. The van der Waals surface area contributed by atoms with Crippen LogP contribution in [0.4, 0.5) is 4.39 Å². The predicted molar refractivity (Wildman–Crippen MR) is 101 cm³/mol. The van der Waals surface area contributed by atoms with Gasteiger partial charge < -0.3 is 9.80 Å². The van der Waals surface area contributed by atoms with Gasteiger partial charge in [0.1, 0.15) is 5.82 Å². The van der Waals surface area contributed by atoms with Crippen LogP contribution in [0.25, 0.3) is 0 Å². The van der Waals surface area contributed by atoms with Crippen LogP contribution in [0, 0.1) is 5.82 Å². The standard InChI is InChI=1S/C18H25ClFN3O3S/c1-14-4-2-3-7-22(14)13-18(24)21-8-10-23(11-9-21)27(25,26)15-5-6-17(20)16(19)12-15/h5-6,12,14H,2-4,7-11,13H2,1H3/p+1/t14-/m0/s1. The maximum atomic E-state index is 13.3.